The van der Waals surface area contributed by atoms with Crippen LogP contribution in [-0.4, -0.2) is 26.6 Å². The van der Waals surface area contributed by atoms with Gasteiger partial charge in [0.25, 0.3) is 0 Å². The molecule has 0 radical (unpaired) electrons. The number of aryl methyl sites for hydroxylation is 1. The third kappa shape index (κ3) is 1.83. The number of tetrazole rings is 1. The average Bonchev–Trinajstić information content (AvgIpc) is 2.75. The average molecular weight is 203 g/mol. The maximum atomic E-state index is 10.4. The number of nitrogens with one attached hydrogen (secondary N) is 1. The Morgan fingerprint density at radius 1 is 1.47 bits per heavy atom. The molecule has 0 saturated carbocycles. The first-order valence-electron chi connectivity index (χ1n) is 4.35. The number of anilines is 1. The van der Waals surface area contributed by atoms with Crippen LogP contribution in [0.2, 0.25) is 0 Å². The van der Waals surface area contributed by atoms with Gasteiger partial charge in [-0.1, -0.05) is 6.07 Å². The van der Waals surface area contributed by atoms with Gasteiger partial charge in [-0.3, -0.25) is 4.79 Å². The molecule has 1 amide bonds. The zero-order chi connectivity index (χ0) is 10.7. The molecule has 0 aliphatic heterocycles. The van der Waals surface area contributed by atoms with E-state index in [0.29, 0.717) is 6.41 Å². The lowest BCUT2D eigenvalue weighted by molar-refractivity contribution is -0.105. The minimum absolute atomic E-state index is 0.645. The van der Waals surface area contributed by atoms with Crippen molar-refractivity contribution in [3.05, 3.63) is 30.1 Å². The van der Waals surface area contributed by atoms with Gasteiger partial charge in [-0.05, 0) is 35.0 Å². The summed E-state index contributed by atoms with van der Waals surface area (Å²) in [5.41, 5.74) is 2.53. The Bertz CT molecular complexity index is 465. The van der Waals surface area contributed by atoms with Gasteiger partial charge in [-0.25, -0.2) is 4.68 Å². The highest BCUT2D eigenvalue weighted by molar-refractivity contribution is 5.74. The molecule has 0 spiro atoms. The van der Waals surface area contributed by atoms with E-state index >= 15 is 0 Å². The Morgan fingerprint density at radius 2 is 2.33 bits per heavy atom. The summed E-state index contributed by atoms with van der Waals surface area (Å²) in [7, 11) is 0. The normalized spacial score (nSPS) is 9.93. The van der Waals surface area contributed by atoms with Crippen LogP contribution < -0.4 is 5.32 Å². The second-order valence-corrected chi connectivity index (χ2v) is 3.02. The zero-order valence-corrected chi connectivity index (χ0v) is 8.08. The van der Waals surface area contributed by atoms with E-state index in [1.807, 2.05) is 19.1 Å². The Kier molecular flexibility index (Phi) is 2.40. The minimum atomic E-state index is 0.645. The second-order valence-electron chi connectivity index (χ2n) is 3.02. The van der Waals surface area contributed by atoms with Gasteiger partial charge < -0.3 is 5.32 Å². The fourth-order valence-corrected chi connectivity index (χ4v) is 1.25. The number of hydrogen-bond donors (Lipinski definition) is 1. The van der Waals surface area contributed by atoms with Gasteiger partial charge in [-0.2, -0.15) is 0 Å². The number of rotatable bonds is 3. The van der Waals surface area contributed by atoms with Crippen LogP contribution in [0.25, 0.3) is 5.69 Å². The molecule has 6 nitrogen and oxygen atoms in total. The summed E-state index contributed by atoms with van der Waals surface area (Å²) in [4.78, 5) is 10.4. The predicted octanol–water partition coefficient (Wildman–Crippen LogP) is 0.539. The van der Waals surface area contributed by atoms with Crippen molar-refractivity contribution < 1.29 is 4.79 Å². The predicted molar refractivity (Wildman–Crippen MR) is 53.6 cm³/mol. The molecule has 0 saturated heterocycles. The van der Waals surface area contributed by atoms with E-state index in [0.717, 1.165) is 16.9 Å². The summed E-state index contributed by atoms with van der Waals surface area (Å²) in [5.74, 6) is 0. The van der Waals surface area contributed by atoms with Gasteiger partial charge in [0.05, 0.1) is 5.69 Å². The van der Waals surface area contributed by atoms with Crippen molar-refractivity contribution in [3.63, 3.8) is 0 Å². The molecule has 1 N–H and O–H groups in total. The molecule has 2 rings (SSSR count). The van der Waals surface area contributed by atoms with Crippen LogP contribution in [0.15, 0.2) is 24.5 Å². The minimum Gasteiger partial charge on any atom is -0.328 e. The third-order valence-electron chi connectivity index (χ3n) is 2.05. The summed E-state index contributed by atoms with van der Waals surface area (Å²) in [6.07, 6.45) is 2.14. The maximum absolute atomic E-state index is 10.4. The number of amides is 1. The molecule has 0 atom stereocenters. The van der Waals surface area contributed by atoms with E-state index in [9.17, 15) is 4.79 Å². The van der Waals surface area contributed by atoms with Gasteiger partial charge in [0, 0.05) is 5.69 Å². The summed E-state index contributed by atoms with van der Waals surface area (Å²) >= 11 is 0. The summed E-state index contributed by atoms with van der Waals surface area (Å²) < 4.78 is 1.52. The summed E-state index contributed by atoms with van der Waals surface area (Å²) in [5, 5.41) is 13.5. The Hall–Kier alpha value is -2.24. The molecule has 1 aromatic heterocycles. The smallest absolute Gasteiger partial charge is 0.211 e. The first kappa shape index (κ1) is 9.32. The van der Waals surface area contributed by atoms with Gasteiger partial charge in [-0.15, -0.1) is 5.10 Å². The van der Waals surface area contributed by atoms with Crippen molar-refractivity contribution in [2.75, 3.05) is 5.32 Å². The Labute approximate surface area is 85.9 Å². The third-order valence-corrected chi connectivity index (χ3v) is 2.05. The molecular weight excluding hydrogens is 194 g/mol. The van der Waals surface area contributed by atoms with Gasteiger partial charge in [0.1, 0.15) is 6.33 Å². The number of carbonyl (C=O) groups excluding carboxylic acids is 1. The van der Waals surface area contributed by atoms with E-state index in [1.165, 1.54) is 11.0 Å². The van der Waals surface area contributed by atoms with Crippen molar-refractivity contribution in [3.8, 4) is 5.69 Å². The first-order chi connectivity index (χ1) is 7.31. The molecule has 0 aliphatic carbocycles. The largest absolute Gasteiger partial charge is 0.328 e. The van der Waals surface area contributed by atoms with Crippen molar-refractivity contribution in [1.82, 2.24) is 20.2 Å². The van der Waals surface area contributed by atoms with E-state index < -0.39 is 0 Å². The highest BCUT2D eigenvalue weighted by Gasteiger charge is 2.02. The standard InChI is InChI=1S/C9H9N5O/c1-7-2-3-8(4-9(7)10-6-15)14-5-11-12-13-14/h2-6H,1H3,(H,10,15). The SMILES string of the molecule is Cc1ccc(-n2cnnn2)cc1NC=O. The van der Waals surface area contributed by atoms with Crippen LogP contribution >= 0.6 is 0 Å². The molecule has 1 heterocycles. The lowest BCUT2D eigenvalue weighted by Crippen LogP contribution is -2.00. The van der Waals surface area contributed by atoms with Crippen molar-refractivity contribution in [2.45, 2.75) is 6.92 Å². The molecule has 0 aliphatic rings. The topological polar surface area (TPSA) is 72.7 Å². The zero-order valence-electron chi connectivity index (χ0n) is 8.08. The van der Waals surface area contributed by atoms with E-state index in [2.05, 4.69) is 20.8 Å². The highest BCUT2D eigenvalue weighted by Crippen LogP contribution is 2.17. The molecular formula is C9H9N5O. The quantitative estimate of drug-likeness (QED) is 0.739. The molecule has 0 bridgehead atoms. The molecule has 2 aromatic rings. The van der Waals surface area contributed by atoms with Gasteiger partial charge in [0.15, 0.2) is 0 Å². The highest BCUT2D eigenvalue weighted by atomic mass is 16.1. The summed E-state index contributed by atoms with van der Waals surface area (Å²) in [6, 6.07) is 5.57. The molecule has 1 aromatic carbocycles. The molecule has 15 heavy (non-hydrogen) atoms. The lowest BCUT2D eigenvalue weighted by Gasteiger charge is -2.06. The lowest BCUT2D eigenvalue weighted by atomic mass is 10.2. The van der Waals surface area contributed by atoms with Crippen molar-refractivity contribution in [2.24, 2.45) is 0 Å². The molecule has 76 valence electrons. The molecule has 6 heteroatoms. The van der Waals surface area contributed by atoms with E-state index in [4.69, 9.17) is 0 Å². The van der Waals surface area contributed by atoms with Crippen LogP contribution in [0.3, 0.4) is 0 Å². The van der Waals surface area contributed by atoms with E-state index in [1.54, 1.807) is 6.07 Å². The van der Waals surface area contributed by atoms with E-state index in [-0.39, 0.29) is 0 Å². The molecule has 0 fully saturated rings. The molecule has 0 unspecified atom stereocenters. The van der Waals surface area contributed by atoms with Crippen molar-refractivity contribution in [1.29, 1.82) is 0 Å². The number of carbonyl (C=O) groups is 1. The number of aromatic nitrogens is 4. The van der Waals surface area contributed by atoms with Crippen LogP contribution in [-0.2, 0) is 4.79 Å². The van der Waals surface area contributed by atoms with Gasteiger partial charge in [0.2, 0.25) is 6.41 Å². The monoisotopic (exact) mass is 203 g/mol. The second kappa shape index (κ2) is 3.87. The van der Waals surface area contributed by atoms with Crippen LogP contribution in [0.5, 0.6) is 0 Å². The maximum Gasteiger partial charge on any atom is 0.211 e. The van der Waals surface area contributed by atoms with Crippen LogP contribution in [0, 0.1) is 6.92 Å². The van der Waals surface area contributed by atoms with Crippen molar-refractivity contribution >= 4 is 12.1 Å². The fraction of sp³-hybridized carbons (Fsp3) is 0.111. The fourth-order valence-electron chi connectivity index (χ4n) is 1.25. The number of benzene rings is 1. The Morgan fingerprint density at radius 3 is 3.00 bits per heavy atom. The first-order valence-corrected chi connectivity index (χ1v) is 4.35. The van der Waals surface area contributed by atoms with Crippen LogP contribution in [0.4, 0.5) is 5.69 Å². The van der Waals surface area contributed by atoms with Crippen LogP contribution in [0.1, 0.15) is 5.56 Å². The summed E-state index contributed by atoms with van der Waals surface area (Å²) in [6.45, 7) is 1.91. The Balaban J connectivity index is 2.42. The number of nitrogens with zero attached hydrogens (tertiary/aromatic N) is 4. The van der Waals surface area contributed by atoms with Gasteiger partial charge >= 0.3 is 0 Å². The number of hydrogen-bond acceptors (Lipinski definition) is 4.